The molecule has 132 valence electrons. The number of fused-ring (bicyclic) bond motifs is 2. The second kappa shape index (κ2) is 9.26. The minimum absolute atomic E-state index is 1.36. The van der Waals surface area contributed by atoms with E-state index in [1.54, 1.807) is 0 Å². The number of benzene rings is 2. The third-order valence-corrected chi connectivity index (χ3v) is 4.23. The summed E-state index contributed by atoms with van der Waals surface area (Å²) in [6, 6.07) is 21.8. The Morgan fingerprint density at radius 1 is 0.692 bits per heavy atom. The first-order valence-electron chi connectivity index (χ1n) is 9.05. The zero-order valence-corrected chi connectivity index (χ0v) is 18.3. The van der Waals surface area contributed by atoms with Crippen molar-refractivity contribution in [3.63, 3.8) is 0 Å². The fourth-order valence-corrected chi connectivity index (χ4v) is 3.08. The van der Waals surface area contributed by atoms with Crippen LogP contribution in [0.1, 0.15) is 36.1 Å². The Bertz CT molecular complexity index is 929. The topological polar surface area (TPSA) is 0 Å². The van der Waals surface area contributed by atoms with E-state index >= 15 is 0 Å². The van der Waals surface area contributed by atoms with E-state index in [4.69, 9.17) is 0 Å². The van der Waals surface area contributed by atoms with Crippen molar-refractivity contribution in [2.24, 2.45) is 0 Å². The first-order chi connectivity index (χ1) is 12.3. The zero-order chi connectivity index (χ0) is 19.3. The summed E-state index contributed by atoms with van der Waals surface area (Å²) in [5.41, 5.74) is 5.45. The second-order valence-corrected chi connectivity index (χ2v) is 8.78. The van der Waals surface area contributed by atoms with Crippen molar-refractivity contribution in [3.05, 3.63) is 82.9 Å². The molecule has 4 aromatic rings. The predicted octanol–water partition coefficient (Wildman–Crippen LogP) is 7.10. The van der Waals surface area contributed by atoms with Gasteiger partial charge in [0, 0.05) is 0 Å². The van der Waals surface area contributed by atoms with Crippen molar-refractivity contribution in [1.29, 1.82) is 0 Å². The molecule has 0 fully saturated rings. The third kappa shape index (κ3) is 5.63. The standard InChI is InChI=1S/2C11H11.C3H6.Ti/c2*1-8-6-10-5-3-4-9(2)11(10)7-8;1-3-2;/h2*3-7H,1-2H3;1-2H3;/q2*-1;;+2. The van der Waals surface area contributed by atoms with Gasteiger partial charge in [-0.15, -0.1) is 69.1 Å². The third-order valence-electron chi connectivity index (χ3n) is 4.23. The van der Waals surface area contributed by atoms with Gasteiger partial charge in [-0.05, 0) is 13.8 Å². The molecular weight excluding hydrogens is 348 g/mol. The summed E-state index contributed by atoms with van der Waals surface area (Å²) in [5, 5.41) is 5.51. The van der Waals surface area contributed by atoms with Gasteiger partial charge >= 0.3 is 37.6 Å². The molecule has 0 N–H and O–H groups in total. The maximum Gasteiger partial charge on any atom is -0.0488 e. The average Bonchev–Trinajstić information content (AvgIpc) is 3.11. The Kier molecular flexibility index (Phi) is 7.32. The van der Waals surface area contributed by atoms with Gasteiger partial charge in [0.1, 0.15) is 0 Å². The molecule has 0 atom stereocenters. The molecular formula is C25H28Ti. The fourth-order valence-electron chi connectivity index (χ4n) is 3.08. The summed E-state index contributed by atoms with van der Waals surface area (Å²) < 4.78 is 1.42. The van der Waals surface area contributed by atoms with E-state index in [0.29, 0.717) is 0 Å². The molecule has 0 heterocycles. The normalized spacial score (nSPS) is 10.2. The van der Waals surface area contributed by atoms with E-state index in [9.17, 15) is 0 Å². The van der Waals surface area contributed by atoms with Crippen LogP contribution in [0, 0.1) is 27.7 Å². The second-order valence-electron chi connectivity index (χ2n) is 7.22. The minimum Gasteiger partial charge on any atom is -0.165 e. The Balaban J connectivity index is 0.000000156. The zero-order valence-electron chi connectivity index (χ0n) is 16.8. The van der Waals surface area contributed by atoms with Crippen molar-refractivity contribution < 1.29 is 20.0 Å². The van der Waals surface area contributed by atoms with Crippen molar-refractivity contribution in [2.75, 3.05) is 0 Å². The van der Waals surface area contributed by atoms with Crippen LogP contribution in [-0.4, -0.2) is 3.81 Å². The van der Waals surface area contributed by atoms with Gasteiger partial charge in [0.25, 0.3) is 0 Å². The molecule has 0 saturated carbocycles. The fraction of sp³-hybridized carbons (Fsp3) is 0.240. The molecule has 0 amide bonds. The van der Waals surface area contributed by atoms with Crippen LogP contribution in [-0.2, 0) is 20.0 Å². The number of hydrogen-bond donors (Lipinski definition) is 0. The van der Waals surface area contributed by atoms with E-state index in [1.165, 1.54) is 47.6 Å². The molecule has 0 aromatic heterocycles. The molecule has 0 aliphatic heterocycles. The van der Waals surface area contributed by atoms with Crippen LogP contribution in [0.2, 0.25) is 0 Å². The van der Waals surface area contributed by atoms with Crippen molar-refractivity contribution in [2.45, 2.75) is 41.5 Å². The number of hydrogen-bond acceptors (Lipinski definition) is 0. The van der Waals surface area contributed by atoms with Gasteiger partial charge in [-0.2, -0.15) is 12.1 Å². The molecule has 1 heteroatoms. The van der Waals surface area contributed by atoms with Gasteiger partial charge in [-0.1, -0.05) is 37.1 Å². The molecule has 0 aliphatic carbocycles. The average molecular weight is 376 g/mol. The Hall–Kier alpha value is -1.76. The summed E-state index contributed by atoms with van der Waals surface area (Å²) in [6.45, 7) is 12.8. The van der Waals surface area contributed by atoms with E-state index < -0.39 is 0 Å². The first-order valence-corrected chi connectivity index (χ1v) is 9.83. The maximum absolute atomic E-state index is 2.24. The smallest absolute Gasteiger partial charge is 0.0488 e. The van der Waals surface area contributed by atoms with Crippen LogP contribution in [0.25, 0.3) is 21.5 Å². The summed E-state index contributed by atoms with van der Waals surface area (Å²) in [7, 11) is 0. The minimum atomic E-state index is 1.36. The SMILES string of the molecule is C[C](C)=[Ti+2].Cc1cc2c(C)cccc2[cH-]1.Cc1cc2c(C)cccc2[cH-]1. The molecule has 4 aromatic carbocycles. The summed E-state index contributed by atoms with van der Waals surface area (Å²) in [6.07, 6.45) is 0. The Morgan fingerprint density at radius 2 is 1.04 bits per heavy atom. The number of aryl methyl sites for hydroxylation is 4. The van der Waals surface area contributed by atoms with Crippen LogP contribution in [0.15, 0.2) is 60.7 Å². The van der Waals surface area contributed by atoms with E-state index in [1.807, 2.05) is 0 Å². The molecule has 26 heavy (non-hydrogen) atoms. The van der Waals surface area contributed by atoms with Gasteiger partial charge in [0.2, 0.25) is 0 Å². The quantitative estimate of drug-likeness (QED) is 0.227. The molecule has 0 unspecified atom stereocenters. The summed E-state index contributed by atoms with van der Waals surface area (Å²) in [5.74, 6) is 0. The summed E-state index contributed by atoms with van der Waals surface area (Å²) in [4.78, 5) is 0. The largest absolute Gasteiger partial charge is 0.165 e. The van der Waals surface area contributed by atoms with Crippen LogP contribution in [0.4, 0.5) is 0 Å². The Morgan fingerprint density at radius 3 is 1.35 bits per heavy atom. The molecule has 0 aliphatic rings. The van der Waals surface area contributed by atoms with Gasteiger partial charge < -0.3 is 0 Å². The van der Waals surface area contributed by atoms with Crippen molar-refractivity contribution in [3.8, 4) is 0 Å². The van der Waals surface area contributed by atoms with Crippen LogP contribution in [0.3, 0.4) is 0 Å². The molecule has 0 saturated heterocycles. The van der Waals surface area contributed by atoms with E-state index in [0.717, 1.165) is 0 Å². The summed E-state index contributed by atoms with van der Waals surface area (Å²) >= 11 is 2.08. The van der Waals surface area contributed by atoms with Crippen molar-refractivity contribution in [1.82, 2.24) is 0 Å². The van der Waals surface area contributed by atoms with E-state index in [2.05, 4.69) is 122 Å². The van der Waals surface area contributed by atoms with E-state index in [-0.39, 0.29) is 0 Å². The predicted molar refractivity (Wildman–Crippen MR) is 114 cm³/mol. The van der Waals surface area contributed by atoms with Crippen LogP contribution in [0.5, 0.6) is 0 Å². The first kappa shape index (κ1) is 20.6. The van der Waals surface area contributed by atoms with Gasteiger partial charge in [0.15, 0.2) is 0 Å². The van der Waals surface area contributed by atoms with Crippen LogP contribution >= 0.6 is 0 Å². The molecule has 0 radical (unpaired) electrons. The van der Waals surface area contributed by atoms with Gasteiger partial charge in [-0.3, -0.25) is 0 Å². The molecule has 0 bridgehead atoms. The Labute approximate surface area is 169 Å². The molecule has 0 nitrogen and oxygen atoms in total. The molecule has 4 rings (SSSR count). The maximum atomic E-state index is 2.24. The monoisotopic (exact) mass is 376 g/mol. The molecule has 0 spiro atoms. The van der Waals surface area contributed by atoms with Gasteiger partial charge in [0.05, 0.1) is 0 Å². The van der Waals surface area contributed by atoms with Gasteiger partial charge in [-0.25, -0.2) is 0 Å². The number of rotatable bonds is 0. The van der Waals surface area contributed by atoms with Crippen molar-refractivity contribution >= 4 is 25.4 Å². The van der Waals surface area contributed by atoms with Crippen LogP contribution < -0.4 is 0 Å².